The van der Waals surface area contributed by atoms with Crippen molar-refractivity contribution in [1.82, 2.24) is 19.5 Å². The van der Waals surface area contributed by atoms with Gasteiger partial charge in [-0.25, -0.2) is 14.4 Å². The van der Waals surface area contributed by atoms with Crippen molar-refractivity contribution in [3.8, 4) is 5.69 Å². The number of nitrogens with one attached hydrogen (secondary N) is 1. The number of rotatable bonds is 4. The summed E-state index contributed by atoms with van der Waals surface area (Å²) in [6.07, 6.45) is 5.13. The molecule has 1 N–H and O–H groups in total. The Balaban J connectivity index is 1.78. The van der Waals surface area contributed by atoms with Gasteiger partial charge < -0.3 is 9.88 Å². The highest BCUT2D eigenvalue weighted by molar-refractivity contribution is 5.42. The zero-order valence-corrected chi connectivity index (χ0v) is 13.3. The maximum atomic E-state index is 14.4. The van der Waals surface area contributed by atoms with Crippen molar-refractivity contribution < 1.29 is 4.39 Å². The van der Waals surface area contributed by atoms with Gasteiger partial charge in [-0.15, -0.1) is 0 Å². The van der Waals surface area contributed by atoms with Crippen molar-refractivity contribution in [3.63, 3.8) is 0 Å². The maximum Gasteiger partial charge on any atom is 0.148 e. The van der Waals surface area contributed by atoms with E-state index in [-0.39, 0.29) is 5.82 Å². The molecule has 3 rings (SSSR count). The van der Waals surface area contributed by atoms with Crippen molar-refractivity contribution in [2.45, 2.75) is 27.3 Å². The summed E-state index contributed by atoms with van der Waals surface area (Å²) in [5.41, 5.74) is 3.00. The first-order valence-corrected chi connectivity index (χ1v) is 7.37. The molecule has 5 nitrogen and oxygen atoms in total. The molecule has 23 heavy (non-hydrogen) atoms. The Kier molecular flexibility index (Phi) is 4.06. The van der Waals surface area contributed by atoms with Crippen LogP contribution in [0.1, 0.15) is 22.8 Å². The fourth-order valence-electron chi connectivity index (χ4n) is 2.38. The molecule has 0 aliphatic carbocycles. The van der Waals surface area contributed by atoms with Gasteiger partial charge in [0.15, 0.2) is 0 Å². The number of anilines is 1. The van der Waals surface area contributed by atoms with E-state index in [2.05, 4.69) is 20.3 Å². The molecule has 0 unspecified atom stereocenters. The van der Waals surface area contributed by atoms with Crippen LogP contribution >= 0.6 is 0 Å². The standard InChI is InChI=1S/C17H18FN5/c1-11-9-20-12(2)17(22-11)21-10-14-4-5-16(15(18)8-14)23-7-6-19-13(23)3/h4-9H,10H2,1-3H3,(H,21,22). The number of imidazole rings is 1. The second kappa shape index (κ2) is 6.16. The van der Waals surface area contributed by atoms with Crippen LogP contribution in [-0.2, 0) is 6.54 Å². The monoisotopic (exact) mass is 311 g/mol. The predicted octanol–water partition coefficient (Wildman–Crippen LogP) is 3.34. The zero-order chi connectivity index (χ0) is 16.4. The third kappa shape index (κ3) is 3.21. The summed E-state index contributed by atoms with van der Waals surface area (Å²) in [5.74, 6) is 1.19. The largest absolute Gasteiger partial charge is 0.364 e. The number of aromatic nitrogens is 4. The van der Waals surface area contributed by atoms with Gasteiger partial charge in [0.2, 0.25) is 0 Å². The zero-order valence-electron chi connectivity index (χ0n) is 13.3. The molecule has 0 fully saturated rings. The second-order valence-corrected chi connectivity index (χ2v) is 5.43. The third-order valence-corrected chi connectivity index (χ3v) is 3.63. The van der Waals surface area contributed by atoms with Gasteiger partial charge in [0, 0.05) is 25.1 Å². The third-order valence-electron chi connectivity index (χ3n) is 3.63. The lowest BCUT2D eigenvalue weighted by atomic mass is 10.2. The number of hydrogen-bond acceptors (Lipinski definition) is 4. The molecule has 0 aliphatic rings. The van der Waals surface area contributed by atoms with Gasteiger partial charge in [-0.1, -0.05) is 6.07 Å². The number of halogens is 1. The summed E-state index contributed by atoms with van der Waals surface area (Å²) >= 11 is 0. The number of hydrogen-bond donors (Lipinski definition) is 1. The highest BCUT2D eigenvalue weighted by Crippen LogP contribution is 2.18. The number of aryl methyl sites for hydroxylation is 3. The molecule has 2 aromatic heterocycles. The van der Waals surface area contributed by atoms with E-state index in [4.69, 9.17) is 0 Å². The lowest BCUT2D eigenvalue weighted by Crippen LogP contribution is -2.06. The summed E-state index contributed by atoms with van der Waals surface area (Å²) in [6.45, 7) is 6.10. The summed E-state index contributed by atoms with van der Waals surface area (Å²) < 4.78 is 16.1. The van der Waals surface area contributed by atoms with E-state index in [9.17, 15) is 4.39 Å². The maximum absolute atomic E-state index is 14.4. The second-order valence-electron chi connectivity index (χ2n) is 5.43. The first-order valence-electron chi connectivity index (χ1n) is 7.37. The van der Waals surface area contributed by atoms with Gasteiger partial charge in [-0.2, -0.15) is 0 Å². The van der Waals surface area contributed by atoms with Crippen LogP contribution in [0.2, 0.25) is 0 Å². The van der Waals surface area contributed by atoms with Crippen LogP contribution in [0, 0.1) is 26.6 Å². The number of nitrogens with zero attached hydrogens (tertiary/aromatic N) is 4. The minimum absolute atomic E-state index is 0.280. The van der Waals surface area contributed by atoms with Crippen LogP contribution in [0.3, 0.4) is 0 Å². The molecule has 0 bridgehead atoms. The minimum atomic E-state index is -0.280. The van der Waals surface area contributed by atoms with Crippen LogP contribution < -0.4 is 5.32 Å². The molecule has 0 saturated heterocycles. The first-order chi connectivity index (χ1) is 11.0. The average molecular weight is 311 g/mol. The summed E-state index contributed by atoms with van der Waals surface area (Å²) in [5, 5.41) is 3.20. The van der Waals surface area contributed by atoms with Crippen LogP contribution in [0.25, 0.3) is 5.69 Å². The van der Waals surface area contributed by atoms with Crippen molar-refractivity contribution in [2.75, 3.05) is 5.32 Å². The molecule has 0 radical (unpaired) electrons. The molecule has 2 heterocycles. The van der Waals surface area contributed by atoms with Crippen molar-refractivity contribution in [2.24, 2.45) is 0 Å². The van der Waals surface area contributed by atoms with Crippen molar-refractivity contribution >= 4 is 5.82 Å². The smallest absolute Gasteiger partial charge is 0.148 e. The number of benzene rings is 1. The lowest BCUT2D eigenvalue weighted by Gasteiger charge is -2.11. The highest BCUT2D eigenvalue weighted by Gasteiger charge is 2.08. The van der Waals surface area contributed by atoms with Gasteiger partial charge in [-0.3, -0.25) is 4.98 Å². The van der Waals surface area contributed by atoms with Gasteiger partial charge in [0.1, 0.15) is 17.5 Å². The Hall–Kier alpha value is -2.76. The lowest BCUT2D eigenvalue weighted by molar-refractivity contribution is 0.614. The summed E-state index contributed by atoms with van der Waals surface area (Å²) in [7, 11) is 0. The molecule has 6 heteroatoms. The van der Waals surface area contributed by atoms with Crippen LogP contribution in [0.15, 0.2) is 36.8 Å². The van der Waals surface area contributed by atoms with E-state index >= 15 is 0 Å². The van der Waals surface area contributed by atoms with E-state index in [0.717, 1.165) is 28.6 Å². The van der Waals surface area contributed by atoms with E-state index in [1.807, 2.05) is 26.8 Å². The Bertz CT molecular complexity index is 841. The molecule has 0 spiro atoms. The Labute approximate surface area is 134 Å². The summed E-state index contributed by atoms with van der Waals surface area (Å²) in [4.78, 5) is 12.8. The Morgan fingerprint density at radius 3 is 2.70 bits per heavy atom. The van der Waals surface area contributed by atoms with E-state index in [1.165, 1.54) is 6.07 Å². The minimum Gasteiger partial charge on any atom is -0.364 e. The highest BCUT2D eigenvalue weighted by atomic mass is 19.1. The van der Waals surface area contributed by atoms with Gasteiger partial charge in [0.25, 0.3) is 0 Å². The fraction of sp³-hybridized carbons (Fsp3) is 0.235. The Morgan fingerprint density at radius 1 is 1.17 bits per heavy atom. The average Bonchev–Trinajstić information content (AvgIpc) is 2.94. The molecule has 118 valence electrons. The van der Waals surface area contributed by atoms with Crippen LogP contribution in [0.5, 0.6) is 0 Å². The topological polar surface area (TPSA) is 55.6 Å². The molecule has 1 aromatic carbocycles. The van der Waals surface area contributed by atoms with Crippen LogP contribution in [-0.4, -0.2) is 19.5 Å². The van der Waals surface area contributed by atoms with Crippen LogP contribution in [0.4, 0.5) is 10.2 Å². The molecule has 0 saturated carbocycles. The molecular weight excluding hydrogens is 293 g/mol. The fourth-order valence-corrected chi connectivity index (χ4v) is 2.38. The van der Waals surface area contributed by atoms with E-state index < -0.39 is 0 Å². The molecule has 3 aromatic rings. The molecule has 0 atom stereocenters. The quantitative estimate of drug-likeness (QED) is 0.803. The van der Waals surface area contributed by atoms with Crippen molar-refractivity contribution in [3.05, 3.63) is 65.4 Å². The first kappa shape index (κ1) is 15.1. The predicted molar refractivity (Wildman–Crippen MR) is 87.1 cm³/mol. The van der Waals surface area contributed by atoms with Crippen molar-refractivity contribution in [1.29, 1.82) is 0 Å². The molecule has 0 aliphatic heterocycles. The van der Waals surface area contributed by atoms with Gasteiger partial charge >= 0.3 is 0 Å². The normalized spacial score (nSPS) is 10.8. The molecular formula is C17H18FN5. The van der Waals surface area contributed by atoms with Gasteiger partial charge in [0.05, 0.1) is 17.1 Å². The van der Waals surface area contributed by atoms with E-state index in [1.54, 1.807) is 29.2 Å². The summed E-state index contributed by atoms with van der Waals surface area (Å²) in [6, 6.07) is 5.18. The van der Waals surface area contributed by atoms with Gasteiger partial charge in [-0.05, 0) is 38.5 Å². The van der Waals surface area contributed by atoms with E-state index in [0.29, 0.717) is 12.2 Å². The molecule has 0 amide bonds. The Morgan fingerprint density at radius 2 is 2.00 bits per heavy atom. The SMILES string of the molecule is Cc1cnc(C)c(NCc2ccc(-n3ccnc3C)c(F)c2)n1.